The SMILES string of the molecule is Cc1ncnc(N2CC3CN(c4nnc(C5CC5)s4)CC3C2)c1C. The van der Waals surface area contributed by atoms with E-state index < -0.39 is 0 Å². The fourth-order valence-electron chi connectivity index (χ4n) is 4.02. The van der Waals surface area contributed by atoms with Crippen molar-refractivity contribution in [3.05, 3.63) is 22.6 Å². The number of hydrogen-bond acceptors (Lipinski definition) is 7. The van der Waals surface area contributed by atoms with Crippen LogP contribution in [0.5, 0.6) is 0 Å². The minimum absolute atomic E-state index is 0.702. The average Bonchev–Trinajstić information content (AvgIpc) is 3.00. The van der Waals surface area contributed by atoms with E-state index in [-0.39, 0.29) is 0 Å². The minimum atomic E-state index is 0.702. The Morgan fingerprint density at radius 3 is 2.38 bits per heavy atom. The molecule has 2 aromatic rings. The summed E-state index contributed by atoms with van der Waals surface area (Å²) in [6, 6.07) is 0. The van der Waals surface area contributed by atoms with E-state index in [1.165, 1.54) is 23.4 Å². The Bertz CT molecular complexity index is 756. The molecule has 2 unspecified atom stereocenters. The first-order valence-electron chi connectivity index (χ1n) is 8.80. The molecular weight excluding hydrogens is 320 g/mol. The normalized spacial score (nSPS) is 26.2. The lowest BCUT2D eigenvalue weighted by Gasteiger charge is -2.23. The minimum Gasteiger partial charge on any atom is -0.356 e. The summed E-state index contributed by atoms with van der Waals surface area (Å²) in [6.07, 6.45) is 4.29. The molecular formula is C17H22N6S. The summed E-state index contributed by atoms with van der Waals surface area (Å²) in [4.78, 5) is 13.7. The molecule has 2 aliphatic heterocycles. The van der Waals surface area contributed by atoms with Crippen LogP contribution in [0.15, 0.2) is 6.33 Å². The van der Waals surface area contributed by atoms with Crippen LogP contribution in [-0.4, -0.2) is 46.3 Å². The Hall–Kier alpha value is -1.76. The van der Waals surface area contributed by atoms with Gasteiger partial charge in [0.05, 0.1) is 0 Å². The molecule has 4 heterocycles. The van der Waals surface area contributed by atoms with Crippen molar-refractivity contribution in [2.75, 3.05) is 36.0 Å². The Labute approximate surface area is 145 Å². The zero-order valence-electron chi connectivity index (χ0n) is 14.1. The molecule has 5 rings (SSSR count). The van der Waals surface area contributed by atoms with Crippen LogP contribution in [0.3, 0.4) is 0 Å². The van der Waals surface area contributed by atoms with E-state index in [0.717, 1.165) is 42.8 Å². The number of nitrogens with zero attached hydrogens (tertiary/aromatic N) is 6. The topological polar surface area (TPSA) is 58.0 Å². The van der Waals surface area contributed by atoms with E-state index >= 15 is 0 Å². The zero-order valence-corrected chi connectivity index (χ0v) is 15.0. The third kappa shape index (κ3) is 2.37. The molecule has 126 valence electrons. The van der Waals surface area contributed by atoms with Crippen molar-refractivity contribution in [2.45, 2.75) is 32.6 Å². The molecule has 6 nitrogen and oxygen atoms in total. The van der Waals surface area contributed by atoms with Gasteiger partial charge >= 0.3 is 0 Å². The lowest BCUT2D eigenvalue weighted by atomic mass is 10.0. The van der Waals surface area contributed by atoms with Gasteiger partial charge in [-0.25, -0.2) is 9.97 Å². The smallest absolute Gasteiger partial charge is 0.208 e. The van der Waals surface area contributed by atoms with Gasteiger partial charge in [0.15, 0.2) is 0 Å². The quantitative estimate of drug-likeness (QED) is 0.854. The molecule has 0 spiro atoms. The third-order valence-corrected chi connectivity index (χ3v) is 6.87. The summed E-state index contributed by atoms with van der Waals surface area (Å²) in [6.45, 7) is 8.57. The fourth-order valence-corrected chi connectivity index (χ4v) is 5.05. The Morgan fingerprint density at radius 2 is 1.67 bits per heavy atom. The summed E-state index contributed by atoms with van der Waals surface area (Å²) in [5.41, 5.74) is 2.30. The molecule has 0 aromatic carbocycles. The molecule has 0 N–H and O–H groups in total. The fraction of sp³-hybridized carbons (Fsp3) is 0.647. The molecule has 3 fully saturated rings. The van der Waals surface area contributed by atoms with Crippen LogP contribution in [0.4, 0.5) is 10.9 Å². The summed E-state index contributed by atoms with van der Waals surface area (Å²) < 4.78 is 0. The van der Waals surface area contributed by atoms with Crippen LogP contribution >= 0.6 is 11.3 Å². The van der Waals surface area contributed by atoms with E-state index in [1.807, 2.05) is 11.3 Å². The predicted molar refractivity (Wildman–Crippen MR) is 94.8 cm³/mol. The van der Waals surface area contributed by atoms with E-state index in [0.29, 0.717) is 17.8 Å². The highest BCUT2D eigenvalue weighted by Crippen LogP contribution is 2.44. The van der Waals surface area contributed by atoms with Gasteiger partial charge in [-0.05, 0) is 26.7 Å². The van der Waals surface area contributed by atoms with Crippen LogP contribution in [0.1, 0.15) is 35.0 Å². The van der Waals surface area contributed by atoms with Gasteiger partial charge in [-0.2, -0.15) is 0 Å². The van der Waals surface area contributed by atoms with Crippen molar-refractivity contribution < 1.29 is 0 Å². The Morgan fingerprint density at radius 1 is 0.958 bits per heavy atom. The molecule has 0 radical (unpaired) electrons. The summed E-state index contributed by atoms with van der Waals surface area (Å²) in [7, 11) is 0. The Kier molecular flexibility index (Phi) is 3.26. The van der Waals surface area contributed by atoms with Gasteiger partial charge in [0.1, 0.15) is 17.2 Å². The number of rotatable bonds is 3. The molecule has 1 aliphatic carbocycles. The highest BCUT2D eigenvalue weighted by Gasteiger charge is 2.42. The monoisotopic (exact) mass is 342 g/mol. The zero-order chi connectivity index (χ0) is 16.3. The Balaban J connectivity index is 1.29. The van der Waals surface area contributed by atoms with Crippen molar-refractivity contribution in [1.82, 2.24) is 20.2 Å². The summed E-state index contributed by atoms with van der Waals surface area (Å²) in [5, 5.41) is 11.2. The highest BCUT2D eigenvalue weighted by molar-refractivity contribution is 7.15. The predicted octanol–water partition coefficient (Wildman–Crippen LogP) is 2.39. The van der Waals surface area contributed by atoms with Gasteiger partial charge in [-0.3, -0.25) is 0 Å². The van der Waals surface area contributed by atoms with Crippen molar-refractivity contribution in [3.8, 4) is 0 Å². The number of hydrogen-bond donors (Lipinski definition) is 0. The van der Waals surface area contributed by atoms with Gasteiger partial charge in [0.25, 0.3) is 0 Å². The van der Waals surface area contributed by atoms with Crippen LogP contribution in [0.25, 0.3) is 0 Å². The van der Waals surface area contributed by atoms with E-state index in [4.69, 9.17) is 0 Å². The van der Waals surface area contributed by atoms with Crippen molar-refractivity contribution in [1.29, 1.82) is 0 Å². The average molecular weight is 342 g/mol. The molecule has 0 amide bonds. The van der Waals surface area contributed by atoms with E-state index in [1.54, 1.807) is 6.33 Å². The first-order chi connectivity index (χ1) is 11.7. The van der Waals surface area contributed by atoms with Gasteiger partial charge in [-0.15, -0.1) is 10.2 Å². The molecule has 7 heteroatoms. The van der Waals surface area contributed by atoms with E-state index in [2.05, 4.69) is 43.8 Å². The van der Waals surface area contributed by atoms with Crippen molar-refractivity contribution >= 4 is 22.3 Å². The lowest BCUT2D eigenvalue weighted by Crippen LogP contribution is -2.29. The van der Waals surface area contributed by atoms with Crippen molar-refractivity contribution in [2.24, 2.45) is 11.8 Å². The number of aromatic nitrogens is 4. The molecule has 0 bridgehead atoms. The van der Waals surface area contributed by atoms with E-state index in [9.17, 15) is 0 Å². The van der Waals surface area contributed by atoms with Gasteiger partial charge in [0, 0.05) is 55.2 Å². The maximum atomic E-state index is 4.54. The van der Waals surface area contributed by atoms with Crippen molar-refractivity contribution in [3.63, 3.8) is 0 Å². The largest absolute Gasteiger partial charge is 0.356 e. The second-order valence-electron chi connectivity index (χ2n) is 7.43. The number of fused-ring (bicyclic) bond motifs is 1. The van der Waals surface area contributed by atoms with Crippen LogP contribution < -0.4 is 9.80 Å². The number of aryl methyl sites for hydroxylation is 1. The standard InChI is InChI=1S/C17H22N6S/c1-10-11(2)18-9-19-15(10)22-5-13-7-23(8-14(13)6-22)17-21-20-16(24-17)12-3-4-12/h9,12-14H,3-8H2,1-2H3. The van der Waals surface area contributed by atoms with Gasteiger partial charge in [-0.1, -0.05) is 11.3 Å². The van der Waals surface area contributed by atoms with Crippen LogP contribution in [0.2, 0.25) is 0 Å². The first-order valence-corrected chi connectivity index (χ1v) is 9.62. The summed E-state index contributed by atoms with van der Waals surface area (Å²) >= 11 is 1.81. The highest BCUT2D eigenvalue weighted by atomic mass is 32.1. The lowest BCUT2D eigenvalue weighted by molar-refractivity contribution is 0.533. The van der Waals surface area contributed by atoms with Gasteiger partial charge in [0.2, 0.25) is 5.13 Å². The first kappa shape index (κ1) is 14.6. The molecule has 2 saturated heterocycles. The van der Waals surface area contributed by atoms with Gasteiger partial charge < -0.3 is 9.80 Å². The second kappa shape index (κ2) is 5.37. The molecule has 2 atom stereocenters. The second-order valence-corrected chi connectivity index (χ2v) is 8.42. The molecule has 2 aromatic heterocycles. The molecule has 3 aliphatic rings. The molecule has 24 heavy (non-hydrogen) atoms. The molecule has 1 saturated carbocycles. The number of anilines is 2. The van der Waals surface area contributed by atoms with Crippen LogP contribution in [0, 0.1) is 25.7 Å². The maximum absolute atomic E-state index is 4.54. The summed E-state index contributed by atoms with van der Waals surface area (Å²) in [5.74, 6) is 3.23. The van der Waals surface area contributed by atoms with Crippen LogP contribution in [-0.2, 0) is 0 Å². The maximum Gasteiger partial charge on any atom is 0.208 e. The third-order valence-electron chi connectivity index (χ3n) is 5.72.